The Bertz CT molecular complexity index is 219. The van der Waals surface area contributed by atoms with Crippen LogP contribution in [0.25, 0.3) is 0 Å². The van der Waals surface area contributed by atoms with Crippen molar-refractivity contribution in [3.63, 3.8) is 0 Å². The molecule has 0 bridgehead atoms. The van der Waals surface area contributed by atoms with Gasteiger partial charge in [0.15, 0.2) is 0 Å². The summed E-state index contributed by atoms with van der Waals surface area (Å²) in [5.74, 6) is 1.94. The second kappa shape index (κ2) is 8.02. The first-order valence-electron chi connectivity index (χ1n) is 8.61. The Morgan fingerprint density at radius 1 is 0.833 bits per heavy atom. The van der Waals surface area contributed by atoms with Gasteiger partial charge in [0.2, 0.25) is 0 Å². The highest BCUT2D eigenvalue weighted by atomic mass is 14.3. The Labute approximate surface area is 114 Å². The lowest BCUT2D eigenvalue weighted by molar-refractivity contribution is 0.325. The van der Waals surface area contributed by atoms with Crippen LogP contribution in [-0.2, 0) is 0 Å². The van der Waals surface area contributed by atoms with E-state index in [0.717, 1.165) is 11.8 Å². The zero-order valence-corrected chi connectivity index (χ0v) is 12.4. The second-order valence-electron chi connectivity index (χ2n) is 6.52. The van der Waals surface area contributed by atoms with Gasteiger partial charge in [-0.2, -0.15) is 0 Å². The van der Waals surface area contributed by atoms with Crippen molar-refractivity contribution < 1.29 is 0 Å². The van der Waals surface area contributed by atoms with Gasteiger partial charge in [0.05, 0.1) is 0 Å². The molecule has 0 amide bonds. The second-order valence-corrected chi connectivity index (χ2v) is 6.52. The fraction of sp³-hybridized carbons (Fsp3) is 0.889. The summed E-state index contributed by atoms with van der Waals surface area (Å²) in [6.07, 6.45) is 21.7. The third-order valence-electron chi connectivity index (χ3n) is 5.09. The predicted octanol–water partition coefficient (Wildman–Crippen LogP) is 6.26. The van der Waals surface area contributed by atoms with E-state index >= 15 is 0 Å². The molecule has 0 aromatic heterocycles. The lowest BCUT2D eigenvalue weighted by atomic mass is 9.73. The molecule has 0 aromatic carbocycles. The zero-order chi connectivity index (χ0) is 12.6. The molecule has 0 atom stereocenters. The van der Waals surface area contributed by atoms with E-state index in [2.05, 4.69) is 13.0 Å². The zero-order valence-electron chi connectivity index (χ0n) is 12.4. The number of hydrogen-bond acceptors (Lipinski definition) is 0. The molecule has 2 aliphatic carbocycles. The summed E-state index contributed by atoms with van der Waals surface area (Å²) in [7, 11) is 0. The Balaban J connectivity index is 1.98. The molecule has 0 spiro atoms. The molecule has 0 radical (unpaired) electrons. The summed E-state index contributed by atoms with van der Waals surface area (Å²) in [5.41, 5.74) is 1.91. The van der Waals surface area contributed by atoms with Crippen molar-refractivity contribution in [1.29, 1.82) is 0 Å². The van der Waals surface area contributed by atoms with Crippen LogP contribution in [0.4, 0.5) is 0 Å². The normalized spacial score (nSPS) is 22.9. The first-order valence-corrected chi connectivity index (χ1v) is 8.61. The molecule has 2 saturated carbocycles. The quantitative estimate of drug-likeness (QED) is 0.397. The molecule has 0 nitrogen and oxygen atoms in total. The maximum absolute atomic E-state index is 2.68. The average Bonchev–Trinajstić information content (AvgIpc) is 2.46. The van der Waals surface area contributed by atoms with Crippen molar-refractivity contribution in [3.8, 4) is 0 Å². The van der Waals surface area contributed by atoms with Crippen molar-refractivity contribution >= 4 is 0 Å². The largest absolute Gasteiger partial charge is 0.0848 e. The van der Waals surface area contributed by atoms with E-state index in [9.17, 15) is 0 Å². The molecule has 0 aromatic rings. The van der Waals surface area contributed by atoms with Crippen molar-refractivity contribution in [2.45, 2.75) is 90.4 Å². The summed E-state index contributed by atoms with van der Waals surface area (Å²) in [4.78, 5) is 0. The number of hydrogen-bond donors (Lipinski definition) is 0. The summed E-state index contributed by atoms with van der Waals surface area (Å²) in [6.45, 7) is 2.31. The molecule has 0 heterocycles. The van der Waals surface area contributed by atoms with E-state index in [4.69, 9.17) is 0 Å². The molecular weight excluding hydrogens is 216 g/mol. The molecule has 18 heavy (non-hydrogen) atoms. The van der Waals surface area contributed by atoms with Gasteiger partial charge in [-0.3, -0.25) is 0 Å². The number of allylic oxidation sites excluding steroid dienone is 2. The lowest BCUT2D eigenvalue weighted by Crippen LogP contribution is -2.18. The predicted molar refractivity (Wildman–Crippen MR) is 80.8 cm³/mol. The summed E-state index contributed by atoms with van der Waals surface area (Å²) >= 11 is 0. The van der Waals surface area contributed by atoms with E-state index in [1.165, 1.54) is 83.5 Å². The van der Waals surface area contributed by atoms with Crippen LogP contribution >= 0.6 is 0 Å². The van der Waals surface area contributed by atoms with Gasteiger partial charge in [-0.1, -0.05) is 69.9 Å². The van der Waals surface area contributed by atoms with E-state index in [0.29, 0.717) is 0 Å². The topological polar surface area (TPSA) is 0 Å². The fourth-order valence-corrected chi connectivity index (χ4v) is 4.01. The van der Waals surface area contributed by atoms with Gasteiger partial charge in [-0.25, -0.2) is 0 Å². The minimum absolute atomic E-state index is 0.971. The van der Waals surface area contributed by atoms with Gasteiger partial charge in [-0.15, -0.1) is 0 Å². The summed E-state index contributed by atoms with van der Waals surface area (Å²) in [6, 6.07) is 0. The smallest absolute Gasteiger partial charge is 0.0200 e. The molecule has 104 valence electrons. The molecule has 0 N–H and O–H groups in total. The Kier molecular flexibility index (Phi) is 6.31. The SMILES string of the molecule is CCCCC=C(C1CCCCC1)C1CCCCC1. The van der Waals surface area contributed by atoms with E-state index in [-0.39, 0.29) is 0 Å². The molecule has 2 fully saturated rings. The average molecular weight is 248 g/mol. The molecule has 0 unspecified atom stereocenters. The van der Waals surface area contributed by atoms with Crippen molar-refractivity contribution in [2.75, 3.05) is 0 Å². The Morgan fingerprint density at radius 3 is 1.78 bits per heavy atom. The molecular formula is C18H32. The van der Waals surface area contributed by atoms with Crippen molar-refractivity contribution in [3.05, 3.63) is 11.6 Å². The highest BCUT2D eigenvalue weighted by molar-refractivity contribution is 5.12. The van der Waals surface area contributed by atoms with Crippen molar-refractivity contribution in [1.82, 2.24) is 0 Å². The van der Waals surface area contributed by atoms with Gasteiger partial charge in [-0.05, 0) is 43.9 Å². The summed E-state index contributed by atoms with van der Waals surface area (Å²) < 4.78 is 0. The van der Waals surface area contributed by atoms with Crippen LogP contribution in [0.3, 0.4) is 0 Å². The third-order valence-corrected chi connectivity index (χ3v) is 5.09. The minimum Gasteiger partial charge on any atom is -0.0848 e. The fourth-order valence-electron chi connectivity index (χ4n) is 4.01. The summed E-state index contributed by atoms with van der Waals surface area (Å²) in [5, 5.41) is 0. The number of unbranched alkanes of at least 4 members (excludes halogenated alkanes) is 2. The molecule has 2 aliphatic rings. The van der Waals surface area contributed by atoms with Crippen molar-refractivity contribution in [2.24, 2.45) is 11.8 Å². The highest BCUT2D eigenvalue weighted by Crippen LogP contribution is 2.39. The van der Waals surface area contributed by atoms with Crippen LogP contribution in [-0.4, -0.2) is 0 Å². The minimum atomic E-state index is 0.971. The van der Waals surface area contributed by atoms with Crippen LogP contribution in [0.5, 0.6) is 0 Å². The molecule has 0 saturated heterocycles. The van der Waals surface area contributed by atoms with Crippen LogP contribution in [0, 0.1) is 11.8 Å². The first kappa shape index (κ1) is 14.2. The van der Waals surface area contributed by atoms with Crippen LogP contribution in [0.2, 0.25) is 0 Å². The molecule has 0 heteroatoms. The van der Waals surface area contributed by atoms with Crippen LogP contribution in [0.1, 0.15) is 90.4 Å². The Hall–Kier alpha value is -0.260. The third kappa shape index (κ3) is 4.14. The monoisotopic (exact) mass is 248 g/mol. The first-order chi connectivity index (χ1) is 8.92. The van der Waals surface area contributed by atoms with E-state index in [1.54, 1.807) is 0 Å². The van der Waals surface area contributed by atoms with Gasteiger partial charge in [0, 0.05) is 0 Å². The Morgan fingerprint density at radius 2 is 1.33 bits per heavy atom. The molecule has 2 rings (SSSR count). The standard InChI is InChI=1S/C18H32/c1-2-3-6-15-18(16-11-7-4-8-12-16)17-13-9-5-10-14-17/h15-17H,2-14H2,1H3. The van der Waals surface area contributed by atoms with Crippen LogP contribution < -0.4 is 0 Å². The highest BCUT2D eigenvalue weighted by Gasteiger charge is 2.25. The van der Waals surface area contributed by atoms with Gasteiger partial charge in [0.25, 0.3) is 0 Å². The van der Waals surface area contributed by atoms with Gasteiger partial charge < -0.3 is 0 Å². The lowest BCUT2D eigenvalue weighted by Gasteiger charge is -2.32. The maximum atomic E-state index is 2.68. The number of rotatable bonds is 5. The van der Waals surface area contributed by atoms with E-state index < -0.39 is 0 Å². The maximum Gasteiger partial charge on any atom is -0.0200 e. The van der Waals surface area contributed by atoms with E-state index in [1.807, 2.05) is 5.57 Å². The molecule has 0 aliphatic heterocycles. The van der Waals surface area contributed by atoms with Gasteiger partial charge >= 0.3 is 0 Å². The van der Waals surface area contributed by atoms with Crippen LogP contribution in [0.15, 0.2) is 11.6 Å². The van der Waals surface area contributed by atoms with Gasteiger partial charge in [0.1, 0.15) is 0 Å².